The van der Waals surface area contributed by atoms with Crippen molar-refractivity contribution in [3.63, 3.8) is 0 Å². The molecule has 5 nitrogen and oxygen atoms in total. The third kappa shape index (κ3) is 4.10. The summed E-state index contributed by atoms with van der Waals surface area (Å²) in [7, 11) is 0. The van der Waals surface area contributed by atoms with E-state index in [-0.39, 0.29) is 5.91 Å². The maximum atomic E-state index is 13.6. The van der Waals surface area contributed by atoms with Gasteiger partial charge in [0.2, 0.25) is 0 Å². The number of anilines is 1. The molecule has 0 fully saturated rings. The third-order valence-corrected chi connectivity index (χ3v) is 7.72. The molecule has 0 saturated heterocycles. The van der Waals surface area contributed by atoms with Gasteiger partial charge in [-0.15, -0.1) is 11.3 Å². The van der Waals surface area contributed by atoms with Gasteiger partial charge in [0.05, 0.1) is 22.3 Å². The Hall–Kier alpha value is -3.51. The molecule has 3 N–H and O–H groups in total. The molecule has 1 aliphatic carbocycles. The van der Waals surface area contributed by atoms with Crippen molar-refractivity contribution in [3.05, 3.63) is 81.2 Å². The molecule has 0 aliphatic heterocycles. The second-order valence-corrected chi connectivity index (χ2v) is 10.1. The summed E-state index contributed by atoms with van der Waals surface area (Å²) in [6, 6.07) is 15.7. The highest BCUT2D eigenvalue weighted by molar-refractivity contribution is 7.17. The van der Waals surface area contributed by atoms with Crippen molar-refractivity contribution in [2.75, 3.05) is 5.32 Å². The van der Waals surface area contributed by atoms with E-state index in [1.165, 1.54) is 16.9 Å². The van der Waals surface area contributed by atoms with Gasteiger partial charge >= 0.3 is 0 Å². The van der Waals surface area contributed by atoms with E-state index in [0.29, 0.717) is 16.1 Å². The Morgan fingerprint density at radius 1 is 1.00 bits per heavy atom. The molecule has 172 valence electrons. The van der Waals surface area contributed by atoms with Crippen molar-refractivity contribution < 1.29 is 9.59 Å². The Labute approximate surface area is 203 Å². The number of carbonyl (C=O) groups is 2. The predicted octanol–water partition coefficient (Wildman–Crippen LogP) is 6.20. The summed E-state index contributed by atoms with van der Waals surface area (Å²) >= 11 is 1.49. The normalized spacial score (nSPS) is 13.4. The summed E-state index contributed by atoms with van der Waals surface area (Å²) < 4.78 is 0. The highest BCUT2D eigenvalue weighted by atomic mass is 32.1. The lowest BCUT2D eigenvalue weighted by atomic mass is 9.99. The number of nitrogens with zero attached hydrogens (tertiary/aromatic N) is 1. The maximum absolute atomic E-state index is 13.6. The highest BCUT2D eigenvalue weighted by Crippen LogP contribution is 2.38. The number of rotatable bonds is 4. The first-order valence-electron chi connectivity index (χ1n) is 11.7. The van der Waals surface area contributed by atoms with Crippen LogP contribution in [0.1, 0.15) is 61.5 Å². The minimum atomic E-state index is -0.481. The summed E-state index contributed by atoms with van der Waals surface area (Å²) in [6.45, 7) is 4.11. The number of fused-ring (bicyclic) bond motifs is 2. The molecule has 4 aromatic rings. The number of carbonyl (C=O) groups excluding carboxylic acids is 2. The number of primary amides is 1. The van der Waals surface area contributed by atoms with Gasteiger partial charge in [0.1, 0.15) is 5.00 Å². The van der Waals surface area contributed by atoms with Crippen LogP contribution in [0, 0.1) is 13.8 Å². The van der Waals surface area contributed by atoms with Gasteiger partial charge in [0.25, 0.3) is 11.8 Å². The molecule has 2 heterocycles. The molecule has 0 spiro atoms. The van der Waals surface area contributed by atoms with Gasteiger partial charge in [0.15, 0.2) is 0 Å². The fourth-order valence-electron chi connectivity index (χ4n) is 4.86. The molecule has 2 aromatic carbocycles. The maximum Gasteiger partial charge on any atom is 0.257 e. The number of aromatic nitrogens is 1. The van der Waals surface area contributed by atoms with Gasteiger partial charge in [-0.05, 0) is 62.8 Å². The number of hydrogen-bond acceptors (Lipinski definition) is 4. The Kier molecular flexibility index (Phi) is 5.92. The summed E-state index contributed by atoms with van der Waals surface area (Å²) in [5, 5.41) is 4.36. The van der Waals surface area contributed by atoms with Crippen LogP contribution < -0.4 is 11.1 Å². The van der Waals surface area contributed by atoms with Crippen LogP contribution >= 0.6 is 11.3 Å². The SMILES string of the molecule is Cc1ccc(-c2cc(C(=O)Nc3sc4c(c3C(N)=O)CCCCC4)c3ccccc3n2)c(C)c1. The van der Waals surface area contributed by atoms with Crippen molar-refractivity contribution >= 4 is 39.1 Å². The number of hydrogen-bond donors (Lipinski definition) is 2. The van der Waals surface area contributed by atoms with Crippen LogP contribution in [0.25, 0.3) is 22.2 Å². The van der Waals surface area contributed by atoms with E-state index in [2.05, 4.69) is 31.3 Å². The van der Waals surface area contributed by atoms with Gasteiger partial charge < -0.3 is 11.1 Å². The van der Waals surface area contributed by atoms with Crippen molar-refractivity contribution in [1.82, 2.24) is 4.98 Å². The molecule has 34 heavy (non-hydrogen) atoms. The minimum absolute atomic E-state index is 0.261. The van der Waals surface area contributed by atoms with Gasteiger partial charge in [-0.25, -0.2) is 4.98 Å². The first kappa shape index (κ1) is 22.3. The van der Waals surface area contributed by atoms with Crippen molar-refractivity contribution in [2.45, 2.75) is 46.0 Å². The number of benzene rings is 2. The number of para-hydroxylation sites is 1. The highest BCUT2D eigenvalue weighted by Gasteiger charge is 2.25. The van der Waals surface area contributed by atoms with Gasteiger partial charge in [-0.2, -0.15) is 0 Å². The van der Waals surface area contributed by atoms with E-state index in [4.69, 9.17) is 10.7 Å². The topological polar surface area (TPSA) is 85.1 Å². The lowest BCUT2D eigenvalue weighted by molar-refractivity contribution is 0.100. The zero-order valence-corrected chi connectivity index (χ0v) is 20.2. The van der Waals surface area contributed by atoms with Crippen molar-refractivity contribution in [1.29, 1.82) is 0 Å². The summed E-state index contributed by atoms with van der Waals surface area (Å²) in [4.78, 5) is 32.0. The van der Waals surface area contributed by atoms with E-state index < -0.39 is 5.91 Å². The fourth-order valence-corrected chi connectivity index (χ4v) is 6.15. The van der Waals surface area contributed by atoms with E-state index in [0.717, 1.165) is 70.3 Å². The van der Waals surface area contributed by atoms with Crippen LogP contribution in [0.15, 0.2) is 48.5 Å². The van der Waals surface area contributed by atoms with Crippen LogP contribution in [0.3, 0.4) is 0 Å². The number of aryl methyl sites for hydroxylation is 3. The molecule has 0 unspecified atom stereocenters. The third-order valence-electron chi connectivity index (χ3n) is 6.51. The quantitative estimate of drug-likeness (QED) is 0.349. The average molecular weight is 470 g/mol. The number of nitrogens with one attached hydrogen (secondary N) is 1. The molecule has 2 aromatic heterocycles. The zero-order valence-electron chi connectivity index (χ0n) is 19.4. The van der Waals surface area contributed by atoms with Gasteiger partial charge in [0, 0.05) is 15.8 Å². The number of nitrogens with two attached hydrogens (primary N) is 1. The first-order valence-corrected chi connectivity index (χ1v) is 12.5. The largest absolute Gasteiger partial charge is 0.365 e. The molecule has 0 bridgehead atoms. The molecular formula is C28H27N3O2S. The standard InChI is InChI=1S/C28H27N3O2S/c1-16-12-13-18(17(2)14-16)23-15-21(19-8-6-7-10-22(19)30-23)27(33)31-28-25(26(29)32)20-9-4-3-5-11-24(20)34-28/h6-8,10,12-15H,3-5,9,11H2,1-2H3,(H2,29,32)(H,31,33). The summed E-state index contributed by atoms with van der Waals surface area (Å²) in [5.41, 5.74) is 12.6. The second-order valence-electron chi connectivity index (χ2n) is 8.98. The second kappa shape index (κ2) is 9.03. The molecule has 0 atom stereocenters. The molecule has 2 amide bonds. The predicted molar refractivity (Wildman–Crippen MR) is 139 cm³/mol. The van der Waals surface area contributed by atoms with Crippen molar-refractivity contribution in [2.24, 2.45) is 5.73 Å². The van der Waals surface area contributed by atoms with Gasteiger partial charge in [-0.3, -0.25) is 9.59 Å². The van der Waals surface area contributed by atoms with Crippen LogP contribution in [-0.2, 0) is 12.8 Å². The Bertz CT molecular complexity index is 1440. The molecule has 0 saturated carbocycles. The van der Waals surface area contributed by atoms with E-state index in [1.807, 2.05) is 36.4 Å². The van der Waals surface area contributed by atoms with E-state index in [1.54, 1.807) is 0 Å². The number of thiophene rings is 1. The van der Waals surface area contributed by atoms with E-state index >= 15 is 0 Å². The molecule has 1 aliphatic rings. The van der Waals surface area contributed by atoms with Gasteiger partial charge in [-0.1, -0.05) is 48.4 Å². The summed E-state index contributed by atoms with van der Waals surface area (Å²) in [6.07, 6.45) is 5.02. The van der Waals surface area contributed by atoms with Crippen LogP contribution in [0.2, 0.25) is 0 Å². The molecular weight excluding hydrogens is 442 g/mol. The van der Waals surface area contributed by atoms with Crippen molar-refractivity contribution in [3.8, 4) is 11.3 Å². The zero-order chi connectivity index (χ0) is 23.8. The lowest BCUT2D eigenvalue weighted by Gasteiger charge is -2.12. The molecule has 0 radical (unpaired) electrons. The monoisotopic (exact) mass is 469 g/mol. The fraction of sp³-hybridized carbons (Fsp3) is 0.250. The number of pyridine rings is 1. The smallest absolute Gasteiger partial charge is 0.257 e. The lowest BCUT2D eigenvalue weighted by Crippen LogP contribution is -2.18. The Morgan fingerprint density at radius 2 is 1.79 bits per heavy atom. The molecule has 6 heteroatoms. The Morgan fingerprint density at radius 3 is 2.59 bits per heavy atom. The first-order chi connectivity index (χ1) is 16.4. The van der Waals surface area contributed by atoms with E-state index in [9.17, 15) is 9.59 Å². The van der Waals surface area contributed by atoms with Crippen LogP contribution in [0.5, 0.6) is 0 Å². The number of amides is 2. The average Bonchev–Trinajstić information content (AvgIpc) is 2.99. The van der Waals surface area contributed by atoms with Crippen LogP contribution in [0.4, 0.5) is 5.00 Å². The Balaban J connectivity index is 1.60. The minimum Gasteiger partial charge on any atom is -0.365 e. The van der Waals surface area contributed by atoms with Crippen LogP contribution in [-0.4, -0.2) is 16.8 Å². The summed E-state index contributed by atoms with van der Waals surface area (Å²) in [5.74, 6) is -0.742. The molecule has 5 rings (SSSR count).